The highest BCUT2D eigenvalue weighted by molar-refractivity contribution is 5.94. The number of hydrogen-bond acceptors (Lipinski definition) is 4. The quantitative estimate of drug-likeness (QED) is 0.872. The molecule has 2 aliphatic heterocycles. The van der Waals surface area contributed by atoms with E-state index in [1.807, 2.05) is 9.80 Å². The van der Waals surface area contributed by atoms with E-state index < -0.39 is 0 Å². The Morgan fingerprint density at radius 3 is 2.35 bits per heavy atom. The van der Waals surface area contributed by atoms with Crippen LogP contribution in [-0.2, 0) is 17.6 Å². The minimum Gasteiger partial charge on any atom is -0.339 e. The zero-order valence-electron chi connectivity index (χ0n) is 15.5. The molecule has 0 aromatic carbocycles. The van der Waals surface area contributed by atoms with Crippen molar-refractivity contribution in [3.8, 4) is 0 Å². The number of aromatic amines is 1. The topological polar surface area (TPSA) is 72.5 Å². The molecule has 3 heterocycles. The van der Waals surface area contributed by atoms with Gasteiger partial charge in [-0.2, -0.15) is 5.10 Å². The van der Waals surface area contributed by atoms with Crippen LogP contribution in [0.15, 0.2) is 0 Å². The van der Waals surface area contributed by atoms with E-state index in [1.165, 1.54) is 19.3 Å². The first-order valence-corrected chi connectivity index (χ1v) is 10.1. The molecule has 2 fully saturated rings. The second-order valence-corrected chi connectivity index (χ2v) is 7.71. The number of aryl methyl sites for hydroxylation is 1. The number of rotatable bonds is 4. The Morgan fingerprint density at radius 1 is 0.885 bits per heavy atom. The Kier molecular flexibility index (Phi) is 5.24. The molecule has 0 saturated carbocycles. The van der Waals surface area contributed by atoms with Crippen LogP contribution in [0, 0.1) is 0 Å². The van der Waals surface area contributed by atoms with Crippen molar-refractivity contribution in [2.24, 2.45) is 0 Å². The summed E-state index contributed by atoms with van der Waals surface area (Å²) in [7, 11) is 0. The Labute approximate surface area is 154 Å². The second kappa shape index (κ2) is 7.78. The van der Waals surface area contributed by atoms with Gasteiger partial charge in [-0.3, -0.25) is 14.7 Å². The molecule has 7 nitrogen and oxygen atoms in total. The normalized spacial score (nSPS) is 21.1. The number of fused-ring (bicyclic) bond motifs is 1. The Balaban J connectivity index is 1.28. The number of carbonyl (C=O) groups is 2. The lowest BCUT2D eigenvalue weighted by molar-refractivity contribution is -0.133. The third kappa shape index (κ3) is 3.63. The van der Waals surface area contributed by atoms with Gasteiger partial charge in [0.05, 0.1) is 0 Å². The third-order valence-corrected chi connectivity index (χ3v) is 6.02. The molecule has 0 radical (unpaired) electrons. The molecule has 1 aliphatic carbocycles. The molecule has 1 N–H and O–H groups in total. The summed E-state index contributed by atoms with van der Waals surface area (Å²) in [6.07, 6.45) is 7.35. The average Bonchev–Trinajstić information content (AvgIpc) is 3.35. The first kappa shape index (κ1) is 17.5. The first-order chi connectivity index (χ1) is 12.7. The summed E-state index contributed by atoms with van der Waals surface area (Å²) < 4.78 is 0. The van der Waals surface area contributed by atoms with Crippen molar-refractivity contribution in [2.45, 2.75) is 44.9 Å². The monoisotopic (exact) mass is 359 g/mol. The van der Waals surface area contributed by atoms with E-state index in [4.69, 9.17) is 0 Å². The summed E-state index contributed by atoms with van der Waals surface area (Å²) in [5, 5.41) is 7.35. The Bertz CT molecular complexity index is 657. The van der Waals surface area contributed by atoms with Crippen LogP contribution < -0.4 is 0 Å². The summed E-state index contributed by atoms with van der Waals surface area (Å²) in [4.78, 5) is 31.4. The van der Waals surface area contributed by atoms with Crippen LogP contribution in [0.3, 0.4) is 0 Å². The van der Waals surface area contributed by atoms with E-state index in [0.717, 1.165) is 50.2 Å². The number of amides is 2. The van der Waals surface area contributed by atoms with Crippen molar-refractivity contribution in [2.75, 3.05) is 45.8 Å². The molecule has 0 unspecified atom stereocenters. The SMILES string of the molecule is O=C(CCN1CCCC1)N1CCN(C(=O)c2n[nH]c3c2CCCC3)CC1. The molecule has 0 spiro atoms. The molecule has 0 atom stereocenters. The van der Waals surface area contributed by atoms with Crippen molar-refractivity contribution < 1.29 is 9.59 Å². The maximum atomic E-state index is 12.8. The molecule has 2 amide bonds. The van der Waals surface area contributed by atoms with Gasteiger partial charge in [0, 0.05) is 50.4 Å². The van der Waals surface area contributed by atoms with Gasteiger partial charge in [-0.1, -0.05) is 0 Å². The predicted molar refractivity (Wildman–Crippen MR) is 98.0 cm³/mol. The van der Waals surface area contributed by atoms with Crippen molar-refractivity contribution in [3.63, 3.8) is 0 Å². The summed E-state index contributed by atoms with van der Waals surface area (Å²) in [6, 6.07) is 0. The zero-order valence-corrected chi connectivity index (χ0v) is 15.5. The number of nitrogens with zero attached hydrogens (tertiary/aromatic N) is 4. The first-order valence-electron chi connectivity index (χ1n) is 10.1. The van der Waals surface area contributed by atoms with Gasteiger partial charge < -0.3 is 14.7 Å². The number of carbonyl (C=O) groups excluding carboxylic acids is 2. The summed E-state index contributed by atoms with van der Waals surface area (Å²) >= 11 is 0. The van der Waals surface area contributed by atoms with Crippen molar-refractivity contribution in [1.82, 2.24) is 24.9 Å². The zero-order chi connectivity index (χ0) is 17.9. The van der Waals surface area contributed by atoms with Crippen LogP contribution in [0.25, 0.3) is 0 Å². The molecule has 4 rings (SSSR count). The molecule has 7 heteroatoms. The van der Waals surface area contributed by atoms with Crippen LogP contribution in [0.2, 0.25) is 0 Å². The lowest BCUT2D eigenvalue weighted by atomic mass is 9.95. The molecule has 1 aromatic rings. The van der Waals surface area contributed by atoms with Crippen molar-refractivity contribution in [3.05, 3.63) is 17.0 Å². The largest absolute Gasteiger partial charge is 0.339 e. The van der Waals surface area contributed by atoms with Gasteiger partial charge in [-0.05, 0) is 51.6 Å². The number of H-pyrrole nitrogens is 1. The maximum absolute atomic E-state index is 12.8. The standard InChI is InChI=1S/C19H29N5O2/c25-17(7-10-22-8-3-4-9-22)23-11-13-24(14-12-23)19(26)18-15-5-1-2-6-16(15)20-21-18/h1-14H2,(H,20,21). The van der Waals surface area contributed by atoms with Crippen LogP contribution in [0.4, 0.5) is 0 Å². The summed E-state index contributed by atoms with van der Waals surface area (Å²) in [6.45, 7) is 5.62. The fourth-order valence-corrected chi connectivity index (χ4v) is 4.38. The van der Waals surface area contributed by atoms with Crippen LogP contribution >= 0.6 is 0 Å². The molecular formula is C19H29N5O2. The molecule has 2 saturated heterocycles. The highest BCUT2D eigenvalue weighted by atomic mass is 16.2. The van der Waals surface area contributed by atoms with Gasteiger partial charge in [-0.15, -0.1) is 0 Å². The minimum atomic E-state index is 0.0218. The fourth-order valence-electron chi connectivity index (χ4n) is 4.38. The van der Waals surface area contributed by atoms with Crippen molar-refractivity contribution >= 4 is 11.8 Å². The third-order valence-electron chi connectivity index (χ3n) is 6.02. The van der Waals surface area contributed by atoms with Gasteiger partial charge in [0.2, 0.25) is 5.91 Å². The number of nitrogens with one attached hydrogen (secondary N) is 1. The summed E-state index contributed by atoms with van der Waals surface area (Å²) in [5.74, 6) is 0.245. The van der Waals surface area contributed by atoms with Gasteiger partial charge in [0.15, 0.2) is 5.69 Å². The lowest BCUT2D eigenvalue weighted by Crippen LogP contribution is -2.51. The molecule has 142 valence electrons. The lowest BCUT2D eigenvalue weighted by Gasteiger charge is -2.35. The highest BCUT2D eigenvalue weighted by Gasteiger charge is 2.29. The number of piperazine rings is 1. The van der Waals surface area contributed by atoms with Gasteiger partial charge in [-0.25, -0.2) is 0 Å². The number of likely N-dealkylation sites (tertiary alicyclic amines) is 1. The number of hydrogen-bond donors (Lipinski definition) is 1. The average molecular weight is 359 g/mol. The van der Waals surface area contributed by atoms with Crippen LogP contribution in [-0.4, -0.2) is 82.5 Å². The smallest absolute Gasteiger partial charge is 0.274 e. The van der Waals surface area contributed by atoms with Gasteiger partial charge in [0.1, 0.15) is 0 Å². The maximum Gasteiger partial charge on any atom is 0.274 e. The van der Waals surface area contributed by atoms with E-state index in [2.05, 4.69) is 15.1 Å². The molecule has 3 aliphatic rings. The Hall–Kier alpha value is -1.89. The fraction of sp³-hybridized carbons (Fsp3) is 0.737. The molecule has 26 heavy (non-hydrogen) atoms. The Morgan fingerprint density at radius 2 is 1.58 bits per heavy atom. The molecule has 1 aromatic heterocycles. The van der Waals surface area contributed by atoms with E-state index in [9.17, 15) is 9.59 Å². The van der Waals surface area contributed by atoms with E-state index in [1.54, 1.807) is 0 Å². The van der Waals surface area contributed by atoms with Crippen molar-refractivity contribution in [1.29, 1.82) is 0 Å². The minimum absolute atomic E-state index is 0.0218. The second-order valence-electron chi connectivity index (χ2n) is 7.71. The van der Waals surface area contributed by atoms with Gasteiger partial charge in [0.25, 0.3) is 5.91 Å². The number of aromatic nitrogens is 2. The van der Waals surface area contributed by atoms with Crippen LogP contribution in [0.5, 0.6) is 0 Å². The summed E-state index contributed by atoms with van der Waals surface area (Å²) in [5.41, 5.74) is 2.86. The van der Waals surface area contributed by atoms with E-state index in [-0.39, 0.29) is 11.8 Å². The predicted octanol–water partition coefficient (Wildman–Crippen LogP) is 1.06. The molecular weight excluding hydrogens is 330 g/mol. The van der Waals surface area contributed by atoms with E-state index >= 15 is 0 Å². The van der Waals surface area contributed by atoms with E-state index in [0.29, 0.717) is 38.3 Å². The molecule has 0 bridgehead atoms. The highest BCUT2D eigenvalue weighted by Crippen LogP contribution is 2.23. The van der Waals surface area contributed by atoms with Crippen LogP contribution in [0.1, 0.15) is 53.8 Å². The van der Waals surface area contributed by atoms with Gasteiger partial charge >= 0.3 is 0 Å².